The smallest absolute Gasteiger partial charge is 0.261 e. The molecule has 0 fully saturated rings. The second-order valence-electron chi connectivity index (χ2n) is 5.58. The van der Waals surface area contributed by atoms with Crippen LogP contribution in [0.5, 0.6) is 0 Å². The molecular weight excluding hydrogens is 370 g/mol. The first-order valence-electron chi connectivity index (χ1n) is 8.41. The number of pyridine rings is 1. The van der Waals surface area contributed by atoms with Crippen molar-refractivity contribution in [3.8, 4) is 0 Å². The largest absolute Gasteiger partial charge is 0.382 e. The van der Waals surface area contributed by atoms with Crippen LogP contribution in [0.3, 0.4) is 0 Å². The van der Waals surface area contributed by atoms with E-state index in [0.29, 0.717) is 44.0 Å². The number of benzene rings is 1. The number of hydrogen-bond acceptors (Lipinski definition) is 6. The fourth-order valence-electron chi connectivity index (χ4n) is 2.14. The monoisotopic (exact) mass is 393 g/mol. The Kier molecular flexibility index (Phi) is 8.18. The summed E-state index contributed by atoms with van der Waals surface area (Å²) in [5.41, 5.74) is 0.803. The van der Waals surface area contributed by atoms with Crippen LogP contribution in [0.2, 0.25) is 0 Å². The fraction of sp³-hybridized carbons (Fsp3) is 0.333. The maximum Gasteiger partial charge on any atom is 0.261 e. The van der Waals surface area contributed by atoms with Gasteiger partial charge in [0.2, 0.25) is 0 Å². The average molecular weight is 393 g/mol. The Bertz CT molecular complexity index is 811. The Balaban J connectivity index is 1.84. The van der Waals surface area contributed by atoms with Crippen LogP contribution < -0.4 is 10.0 Å². The number of carbonyl (C=O) groups excluding carboxylic acids is 1. The van der Waals surface area contributed by atoms with Gasteiger partial charge in [0.1, 0.15) is 0 Å². The van der Waals surface area contributed by atoms with Gasteiger partial charge >= 0.3 is 0 Å². The molecule has 0 bridgehead atoms. The van der Waals surface area contributed by atoms with Crippen LogP contribution >= 0.6 is 0 Å². The summed E-state index contributed by atoms with van der Waals surface area (Å²) in [7, 11) is -2.12. The predicted molar refractivity (Wildman–Crippen MR) is 101 cm³/mol. The molecular formula is C18H23N3O5S. The first-order valence-corrected chi connectivity index (χ1v) is 9.89. The number of amides is 1. The third-order valence-electron chi connectivity index (χ3n) is 3.54. The first kappa shape index (κ1) is 20.8. The number of methoxy groups -OCH3 is 1. The van der Waals surface area contributed by atoms with E-state index in [1.54, 1.807) is 19.2 Å². The van der Waals surface area contributed by atoms with Crippen molar-refractivity contribution >= 4 is 21.6 Å². The third kappa shape index (κ3) is 6.97. The van der Waals surface area contributed by atoms with Crippen molar-refractivity contribution in [1.29, 1.82) is 0 Å². The Morgan fingerprint density at radius 3 is 2.41 bits per heavy atom. The Morgan fingerprint density at radius 2 is 1.74 bits per heavy atom. The van der Waals surface area contributed by atoms with Crippen molar-refractivity contribution in [3.63, 3.8) is 0 Å². The molecule has 0 aliphatic rings. The topological polar surface area (TPSA) is 107 Å². The van der Waals surface area contributed by atoms with Crippen LogP contribution in [-0.4, -0.2) is 52.8 Å². The maximum absolute atomic E-state index is 12.3. The molecule has 2 rings (SSSR count). The van der Waals surface area contributed by atoms with Gasteiger partial charge in [-0.05, 0) is 42.8 Å². The number of aromatic nitrogens is 1. The quantitative estimate of drug-likeness (QED) is 0.563. The van der Waals surface area contributed by atoms with E-state index in [0.717, 1.165) is 0 Å². The first-order chi connectivity index (χ1) is 13.0. The standard InChI is InChI=1S/C18H23N3O5S/c1-25-13-14-26-12-2-9-20-18(22)15-3-5-17(6-4-15)27(23,24)21-16-7-10-19-11-8-16/h3-8,10-11H,2,9,12-14H2,1H3,(H,19,21)(H,20,22). The van der Waals surface area contributed by atoms with Crippen LogP contribution in [0.1, 0.15) is 16.8 Å². The second-order valence-corrected chi connectivity index (χ2v) is 7.26. The van der Waals surface area contributed by atoms with Crippen molar-refractivity contribution in [1.82, 2.24) is 10.3 Å². The van der Waals surface area contributed by atoms with Gasteiger partial charge in [-0.3, -0.25) is 14.5 Å². The molecule has 8 nitrogen and oxygen atoms in total. The molecule has 0 saturated heterocycles. The highest BCUT2D eigenvalue weighted by Crippen LogP contribution is 2.15. The lowest BCUT2D eigenvalue weighted by Gasteiger charge is -2.09. The zero-order valence-electron chi connectivity index (χ0n) is 15.1. The highest BCUT2D eigenvalue weighted by Gasteiger charge is 2.15. The van der Waals surface area contributed by atoms with Gasteiger partial charge in [0, 0.05) is 38.2 Å². The van der Waals surface area contributed by atoms with Gasteiger partial charge in [-0.25, -0.2) is 8.42 Å². The van der Waals surface area contributed by atoms with Gasteiger partial charge in [-0.2, -0.15) is 0 Å². The maximum atomic E-state index is 12.3. The number of hydrogen-bond donors (Lipinski definition) is 2. The zero-order chi connectivity index (χ0) is 19.5. The molecule has 27 heavy (non-hydrogen) atoms. The normalized spacial score (nSPS) is 11.1. The third-order valence-corrected chi connectivity index (χ3v) is 4.94. The summed E-state index contributed by atoms with van der Waals surface area (Å²) in [6.07, 6.45) is 3.67. The molecule has 1 aromatic carbocycles. The summed E-state index contributed by atoms with van der Waals surface area (Å²) in [5.74, 6) is -0.266. The molecule has 0 atom stereocenters. The minimum Gasteiger partial charge on any atom is -0.382 e. The van der Waals surface area contributed by atoms with Crippen LogP contribution in [0, 0.1) is 0 Å². The van der Waals surface area contributed by atoms with Crippen LogP contribution in [0.15, 0.2) is 53.7 Å². The summed E-state index contributed by atoms with van der Waals surface area (Å²) >= 11 is 0. The molecule has 1 heterocycles. The molecule has 2 aromatic rings. The number of nitrogens with zero attached hydrogens (tertiary/aromatic N) is 1. The number of ether oxygens (including phenoxy) is 2. The van der Waals surface area contributed by atoms with Crippen molar-refractivity contribution in [2.75, 3.05) is 38.2 Å². The van der Waals surface area contributed by atoms with Crippen molar-refractivity contribution in [3.05, 3.63) is 54.4 Å². The highest BCUT2D eigenvalue weighted by atomic mass is 32.2. The Hall–Kier alpha value is -2.49. The molecule has 0 aliphatic carbocycles. The Labute approximate surface area is 159 Å². The van der Waals surface area contributed by atoms with Crippen LogP contribution in [0.4, 0.5) is 5.69 Å². The molecule has 0 radical (unpaired) electrons. The lowest BCUT2D eigenvalue weighted by molar-refractivity contribution is 0.0688. The van der Waals surface area contributed by atoms with Crippen LogP contribution in [0.25, 0.3) is 0 Å². The fourth-order valence-corrected chi connectivity index (χ4v) is 3.20. The molecule has 9 heteroatoms. The minimum atomic E-state index is -3.72. The molecule has 0 unspecified atom stereocenters. The van der Waals surface area contributed by atoms with Gasteiger partial charge in [0.25, 0.3) is 15.9 Å². The number of nitrogens with one attached hydrogen (secondary N) is 2. The number of rotatable bonds is 11. The lowest BCUT2D eigenvalue weighted by atomic mass is 10.2. The molecule has 0 saturated carbocycles. The minimum absolute atomic E-state index is 0.0717. The van der Waals surface area contributed by atoms with Crippen molar-refractivity contribution in [2.45, 2.75) is 11.3 Å². The highest BCUT2D eigenvalue weighted by molar-refractivity contribution is 7.92. The zero-order valence-corrected chi connectivity index (χ0v) is 15.9. The van der Waals surface area contributed by atoms with E-state index in [1.165, 1.54) is 36.7 Å². The average Bonchev–Trinajstić information content (AvgIpc) is 2.67. The summed E-state index contributed by atoms with van der Waals surface area (Å²) in [5, 5.41) is 2.77. The van der Waals surface area contributed by atoms with Gasteiger partial charge in [0.05, 0.1) is 23.8 Å². The van der Waals surface area contributed by atoms with E-state index in [4.69, 9.17) is 9.47 Å². The molecule has 2 N–H and O–H groups in total. The van der Waals surface area contributed by atoms with E-state index in [-0.39, 0.29) is 10.8 Å². The summed E-state index contributed by atoms with van der Waals surface area (Å²) < 4.78 is 37.3. The van der Waals surface area contributed by atoms with E-state index in [1.807, 2.05) is 0 Å². The molecule has 1 aromatic heterocycles. The Morgan fingerprint density at radius 1 is 1.04 bits per heavy atom. The number of sulfonamides is 1. The van der Waals surface area contributed by atoms with Crippen LogP contribution in [-0.2, 0) is 19.5 Å². The van der Waals surface area contributed by atoms with Gasteiger partial charge in [0.15, 0.2) is 0 Å². The van der Waals surface area contributed by atoms with E-state index in [2.05, 4.69) is 15.0 Å². The summed E-state index contributed by atoms with van der Waals surface area (Å²) in [6.45, 7) is 2.06. The SMILES string of the molecule is COCCOCCCNC(=O)c1ccc(S(=O)(=O)Nc2ccncc2)cc1. The summed E-state index contributed by atoms with van der Waals surface area (Å²) in [6, 6.07) is 8.85. The van der Waals surface area contributed by atoms with E-state index >= 15 is 0 Å². The molecule has 0 aliphatic heterocycles. The van der Waals surface area contributed by atoms with E-state index in [9.17, 15) is 13.2 Å². The number of anilines is 1. The van der Waals surface area contributed by atoms with Gasteiger partial charge in [-0.15, -0.1) is 0 Å². The second kappa shape index (κ2) is 10.6. The van der Waals surface area contributed by atoms with E-state index < -0.39 is 10.0 Å². The van der Waals surface area contributed by atoms with Crippen molar-refractivity contribution < 1.29 is 22.7 Å². The van der Waals surface area contributed by atoms with Gasteiger partial charge < -0.3 is 14.8 Å². The lowest BCUT2D eigenvalue weighted by Crippen LogP contribution is -2.25. The summed E-state index contributed by atoms with van der Waals surface area (Å²) in [4.78, 5) is 16.0. The molecule has 146 valence electrons. The molecule has 1 amide bonds. The predicted octanol–water partition coefficient (Wildman–Crippen LogP) is 1.67. The van der Waals surface area contributed by atoms with Gasteiger partial charge in [-0.1, -0.05) is 0 Å². The van der Waals surface area contributed by atoms with Crippen molar-refractivity contribution in [2.24, 2.45) is 0 Å². The molecule has 0 spiro atoms. The number of carbonyl (C=O) groups is 1.